The van der Waals surface area contributed by atoms with Crippen molar-refractivity contribution in [2.24, 2.45) is 0 Å². The van der Waals surface area contributed by atoms with Gasteiger partial charge in [-0.15, -0.1) is 0 Å². The summed E-state index contributed by atoms with van der Waals surface area (Å²) in [7, 11) is 0. The minimum absolute atomic E-state index is 0.368. The summed E-state index contributed by atoms with van der Waals surface area (Å²) >= 11 is 3.37. The Labute approximate surface area is 63.7 Å². The molecule has 1 atom stereocenters. The molecule has 0 aromatic heterocycles. The molecule has 1 aliphatic heterocycles. The molecule has 1 aliphatic rings. The topological polar surface area (TPSA) is 18.5 Å². The van der Waals surface area contributed by atoms with E-state index < -0.39 is 0 Å². The first-order chi connectivity index (χ1) is 4.43. The average molecular weight is 195 g/mol. The molecule has 0 amide bonds. The maximum Gasteiger partial charge on any atom is 0.0704 e. The Bertz CT molecular complexity index is 69.5. The van der Waals surface area contributed by atoms with Crippen LogP contribution in [0.4, 0.5) is 0 Å². The molecule has 0 radical (unpaired) electrons. The molecule has 0 N–H and O–H groups in total. The van der Waals surface area contributed by atoms with Gasteiger partial charge in [0, 0.05) is 11.9 Å². The second-order valence-corrected chi connectivity index (χ2v) is 2.70. The molecule has 1 rings (SSSR count). The lowest BCUT2D eigenvalue weighted by atomic mass is 10.3. The normalized spacial score (nSPS) is 29.7. The molecule has 0 bridgehead atoms. The van der Waals surface area contributed by atoms with Gasteiger partial charge in [0.25, 0.3) is 0 Å². The lowest BCUT2D eigenvalue weighted by molar-refractivity contribution is 0.0672. The van der Waals surface area contributed by atoms with Gasteiger partial charge in [-0.05, 0) is 6.42 Å². The van der Waals surface area contributed by atoms with Crippen molar-refractivity contribution in [1.82, 2.24) is 0 Å². The second-order valence-electron chi connectivity index (χ2n) is 2.05. The number of ether oxygens (including phenoxy) is 2. The highest BCUT2D eigenvalue weighted by Gasteiger charge is 2.09. The molecular formula is C6H11BrO2. The minimum Gasteiger partial charge on any atom is -0.379 e. The zero-order valence-electron chi connectivity index (χ0n) is 5.31. The third kappa shape index (κ3) is 2.65. The van der Waals surface area contributed by atoms with Crippen molar-refractivity contribution in [3.05, 3.63) is 0 Å². The fourth-order valence-corrected chi connectivity index (χ4v) is 1.31. The summed E-state index contributed by atoms with van der Waals surface area (Å²) in [6, 6.07) is 0. The first-order valence-electron chi connectivity index (χ1n) is 3.19. The van der Waals surface area contributed by atoms with Crippen LogP contribution in [0.3, 0.4) is 0 Å². The van der Waals surface area contributed by atoms with Crippen LogP contribution in [0.1, 0.15) is 6.42 Å². The van der Waals surface area contributed by atoms with E-state index in [2.05, 4.69) is 15.9 Å². The molecule has 54 valence electrons. The van der Waals surface area contributed by atoms with Crippen LogP contribution in [0.15, 0.2) is 0 Å². The highest BCUT2D eigenvalue weighted by molar-refractivity contribution is 9.09. The molecule has 3 heteroatoms. The fourth-order valence-electron chi connectivity index (χ4n) is 0.796. The van der Waals surface area contributed by atoms with Crippen LogP contribution < -0.4 is 0 Å². The van der Waals surface area contributed by atoms with Crippen LogP contribution in [0.5, 0.6) is 0 Å². The molecule has 1 heterocycles. The standard InChI is InChI=1S/C6H11BrO2/c7-5-6-1-2-8-3-4-9-6/h6H,1-5H2. The summed E-state index contributed by atoms with van der Waals surface area (Å²) < 4.78 is 10.6. The minimum atomic E-state index is 0.368. The highest BCUT2D eigenvalue weighted by atomic mass is 79.9. The van der Waals surface area contributed by atoms with Gasteiger partial charge in [-0.1, -0.05) is 15.9 Å². The average Bonchev–Trinajstić information content (AvgIpc) is 2.13. The quantitative estimate of drug-likeness (QED) is 0.585. The van der Waals surface area contributed by atoms with Gasteiger partial charge in [-0.2, -0.15) is 0 Å². The van der Waals surface area contributed by atoms with Crippen molar-refractivity contribution in [2.45, 2.75) is 12.5 Å². The Hall–Kier alpha value is 0.400. The third-order valence-corrected chi connectivity index (χ3v) is 2.06. The van der Waals surface area contributed by atoms with Crippen molar-refractivity contribution >= 4 is 15.9 Å². The van der Waals surface area contributed by atoms with Crippen LogP contribution in [0.2, 0.25) is 0 Å². The molecule has 0 saturated carbocycles. The number of halogens is 1. The lowest BCUT2D eigenvalue weighted by Gasteiger charge is -2.08. The first kappa shape index (κ1) is 7.51. The van der Waals surface area contributed by atoms with Crippen LogP contribution in [-0.2, 0) is 9.47 Å². The smallest absolute Gasteiger partial charge is 0.0704 e. The lowest BCUT2D eigenvalue weighted by Crippen LogP contribution is -2.13. The number of rotatable bonds is 1. The van der Waals surface area contributed by atoms with E-state index in [0.717, 1.165) is 31.6 Å². The molecule has 0 aromatic carbocycles. The number of hydrogen-bond acceptors (Lipinski definition) is 2. The van der Waals surface area contributed by atoms with Gasteiger partial charge in [0.15, 0.2) is 0 Å². The summed E-state index contributed by atoms with van der Waals surface area (Å²) in [5.41, 5.74) is 0. The van der Waals surface area contributed by atoms with E-state index in [1.54, 1.807) is 0 Å². The summed E-state index contributed by atoms with van der Waals surface area (Å²) in [4.78, 5) is 0. The summed E-state index contributed by atoms with van der Waals surface area (Å²) in [6.45, 7) is 2.34. The monoisotopic (exact) mass is 194 g/mol. The van der Waals surface area contributed by atoms with E-state index in [0.29, 0.717) is 6.10 Å². The largest absolute Gasteiger partial charge is 0.379 e. The zero-order chi connectivity index (χ0) is 6.53. The molecule has 2 nitrogen and oxygen atoms in total. The van der Waals surface area contributed by atoms with Crippen molar-refractivity contribution in [1.29, 1.82) is 0 Å². The van der Waals surface area contributed by atoms with Crippen LogP contribution in [-0.4, -0.2) is 31.3 Å². The van der Waals surface area contributed by atoms with E-state index in [9.17, 15) is 0 Å². The molecule has 0 aliphatic carbocycles. The van der Waals surface area contributed by atoms with Gasteiger partial charge in [-0.25, -0.2) is 0 Å². The van der Waals surface area contributed by atoms with Crippen molar-refractivity contribution < 1.29 is 9.47 Å². The van der Waals surface area contributed by atoms with Gasteiger partial charge in [0.2, 0.25) is 0 Å². The Balaban J connectivity index is 2.18. The summed E-state index contributed by atoms with van der Waals surface area (Å²) in [5, 5.41) is 0.927. The van der Waals surface area contributed by atoms with Crippen LogP contribution in [0, 0.1) is 0 Å². The molecule has 1 unspecified atom stereocenters. The fraction of sp³-hybridized carbons (Fsp3) is 1.00. The Kier molecular flexibility index (Phi) is 3.55. The van der Waals surface area contributed by atoms with E-state index >= 15 is 0 Å². The van der Waals surface area contributed by atoms with Gasteiger partial charge in [0.05, 0.1) is 19.3 Å². The predicted octanol–water partition coefficient (Wildman–Crippen LogP) is 1.19. The van der Waals surface area contributed by atoms with Crippen molar-refractivity contribution in [3.63, 3.8) is 0 Å². The highest BCUT2D eigenvalue weighted by Crippen LogP contribution is 2.05. The number of alkyl halides is 1. The zero-order valence-corrected chi connectivity index (χ0v) is 6.89. The predicted molar refractivity (Wildman–Crippen MR) is 39.0 cm³/mol. The van der Waals surface area contributed by atoms with E-state index in [4.69, 9.17) is 9.47 Å². The van der Waals surface area contributed by atoms with E-state index in [-0.39, 0.29) is 0 Å². The third-order valence-electron chi connectivity index (χ3n) is 1.34. The van der Waals surface area contributed by atoms with Gasteiger partial charge in [-0.3, -0.25) is 0 Å². The van der Waals surface area contributed by atoms with Crippen molar-refractivity contribution in [2.75, 3.05) is 25.2 Å². The Morgan fingerprint density at radius 3 is 3.00 bits per heavy atom. The Morgan fingerprint density at radius 1 is 1.33 bits per heavy atom. The Morgan fingerprint density at radius 2 is 2.22 bits per heavy atom. The van der Waals surface area contributed by atoms with Crippen molar-refractivity contribution in [3.8, 4) is 0 Å². The molecular weight excluding hydrogens is 184 g/mol. The maximum atomic E-state index is 5.38. The molecule has 1 saturated heterocycles. The maximum absolute atomic E-state index is 5.38. The molecule has 9 heavy (non-hydrogen) atoms. The summed E-state index contributed by atoms with van der Waals surface area (Å²) in [6.07, 6.45) is 1.39. The molecule has 1 fully saturated rings. The van der Waals surface area contributed by atoms with Gasteiger partial charge in [0.1, 0.15) is 0 Å². The summed E-state index contributed by atoms with van der Waals surface area (Å²) in [5.74, 6) is 0. The van der Waals surface area contributed by atoms with Gasteiger partial charge >= 0.3 is 0 Å². The second kappa shape index (κ2) is 4.25. The van der Waals surface area contributed by atoms with E-state index in [1.165, 1.54) is 0 Å². The molecule has 0 spiro atoms. The van der Waals surface area contributed by atoms with Crippen LogP contribution in [0.25, 0.3) is 0 Å². The first-order valence-corrected chi connectivity index (χ1v) is 4.31. The van der Waals surface area contributed by atoms with E-state index in [1.807, 2.05) is 0 Å². The van der Waals surface area contributed by atoms with Crippen LogP contribution >= 0.6 is 15.9 Å². The number of hydrogen-bond donors (Lipinski definition) is 0. The molecule has 0 aromatic rings. The van der Waals surface area contributed by atoms with Gasteiger partial charge < -0.3 is 9.47 Å². The SMILES string of the molecule is BrCC1CCOCCO1.